The van der Waals surface area contributed by atoms with E-state index in [4.69, 9.17) is 9.47 Å². The second kappa shape index (κ2) is 9.20. The Labute approximate surface area is 168 Å². The highest BCUT2D eigenvalue weighted by Crippen LogP contribution is 2.22. The maximum Gasteiger partial charge on any atom is 0.326 e. The first-order valence-electron chi connectivity index (χ1n) is 9.14. The molecule has 3 rings (SSSR count). The molecule has 2 aromatic carbocycles. The van der Waals surface area contributed by atoms with Gasteiger partial charge in [-0.3, -0.25) is 9.59 Å². The third kappa shape index (κ3) is 5.11. The number of rotatable bonds is 7. The molecule has 1 saturated heterocycles. The van der Waals surface area contributed by atoms with Crippen molar-refractivity contribution in [3.05, 3.63) is 60.2 Å². The fourth-order valence-corrected chi connectivity index (χ4v) is 3.14. The van der Waals surface area contributed by atoms with E-state index in [1.807, 2.05) is 30.3 Å². The number of carbonyl (C=O) groups is 3. The van der Waals surface area contributed by atoms with E-state index in [1.165, 1.54) is 12.0 Å². The molecule has 2 atom stereocenters. The summed E-state index contributed by atoms with van der Waals surface area (Å²) in [6, 6.07) is 14.8. The number of para-hydroxylation sites is 1. The maximum absolute atomic E-state index is 12.4. The molecular weight excluding hydrogens is 376 g/mol. The lowest BCUT2D eigenvalue weighted by Crippen LogP contribution is -2.45. The molecule has 0 saturated carbocycles. The number of hydrogen-bond donors (Lipinski definition) is 2. The molecule has 29 heavy (non-hydrogen) atoms. The molecule has 1 unspecified atom stereocenters. The molecule has 0 aliphatic carbocycles. The second-order valence-electron chi connectivity index (χ2n) is 6.62. The average molecular weight is 398 g/mol. The number of nitrogens with one attached hydrogen (secondary N) is 1. The van der Waals surface area contributed by atoms with Gasteiger partial charge >= 0.3 is 5.97 Å². The molecule has 1 aliphatic rings. The van der Waals surface area contributed by atoms with E-state index >= 15 is 0 Å². The van der Waals surface area contributed by atoms with Crippen LogP contribution in [0.4, 0.5) is 0 Å². The van der Waals surface area contributed by atoms with Gasteiger partial charge in [0.15, 0.2) is 0 Å². The summed E-state index contributed by atoms with van der Waals surface area (Å²) in [5, 5.41) is 11.8. The van der Waals surface area contributed by atoms with Crippen LogP contribution in [0.3, 0.4) is 0 Å². The van der Waals surface area contributed by atoms with Gasteiger partial charge in [-0.05, 0) is 36.4 Å². The molecule has 0 spiro atoms. The number of carboxylic acids is 1. The Balaban J connectivity index is 1.55. The van der Waals surface area contributed by atoms with E-state index in [9.17, 15) is 19.5 Å². The predicted molar refractivity (Wildman–Crippen MR) is 104 cm³/mol. The number of hydrogen-bond acceptors (Lipinski definition) is 5. The number of amides is 2. The molecule has 1 aliphatic heterocycles. The third-order valence-corrected chi connectivity index (χ3v) is 4.70. The van der Waals surface area contributed by atoms with Gasteiger partial charge in [0.25, 0.3) is 5.91 Å². The number of carbonyl (C=O) groups excluding carboxylic acids is 2. The van der Waals surface area contributed by atoms with Crippen molar-refractivity contribution in [2.24, 2.45) is 0 Å². The Hall–Kier alpha value is -3.39. The summed E-state index contributed by atoms with van der Waals surface area (Å²) in [5.41, 5.74) is 0.365. The number of ether oxygens (including phenoxy) is 2. The summed E-state index contributed by atoms with van der Waals surface area (Å²) >= 11 is 0. The van der Waals surface area contributed by atoms with E-state index in [2.05, 4.69) is 5.32 Å². The molecule has 1 fully saturated rings. The summed E-state index contributed by atoms with van der Waals surface area (Å²) in [5.74, 6) is -0.717. The summed E-state index contributed by atoms with van der Waals surface area (Å²) in [6.07, 6.45) is -0.0955. The van der Waals surface area contributed by atoms with Crippen LogP contribution in [0.1, 0.15) is 16.8 Å². The number of likely N-dealkylation sites (tertiary alicyclic amines) is 1. The number of benzene rings is 2. The number of carboxylic acid groups (broad SMARTS) is 1. The lowest BCUT2D eigenvalue weighted by Gasteiger charge is -2.21. The van der Waals surface area contributed by atoms with Gasteiger partial charge < -0.3 is 24.8 Å². The van der Waals surface area contributed by atoms with Crippen molar-refractivity contribution in [3.63, 3.8) is 0 Å². The first-order valence-corrected chi connectivity index (χ1v) is 9.14. The first kappa shape index (κ1) is 20.3. The summed E-state index contributed by atoms with van der Waals surface area (Å²) in [6.45, 7) is -0.102. The Morgan fingerprint density at radius 3 is 2.34 bits per heavy atom. The van der Waals surface area contributed by atoms with Gasteiger partial charge in [-0.1, -0.05) is 18.2 Å². The van der Waals surface area contributed by atoms with Crippen molar-refractivity contribution < 1.29 is 29.0 Å². The topological polar surface area (TPSA) is 105 Å². The number of aliphatic carboxylic acids is 1. The van der Waals surface area contributed by atoms with E-state index in [0.29, 0.717) is 17.1 Å². The molecule has 2 aromatic rings. The monoisotopic (exact) mass is 398 g/mol. The van der Waals surface area contributed by atoms with Gasteiger partial charge in [0.2, 0.25) is 5.91 Å². The zero-order chi connectivity index (χ0) is 20.8. The van der Waals surface area contributed by atoms with Crippen LogP contribution in [-0.2, 0) is 14.3 Å². The van der Waals surface area contributed by atoms with Crippen molar-refractivity contribution in [3.8, 4) is 11.5 Å². The van der Waals surface area contributed by atoms with Gasteiger partial charge in [0, 0.05) is 25.6 Å². The van der Waals surface area contributed by atoms with Crippen LogP contribution < -0.4 is 10.1 Å². The second-order valence-corrected chi connectivity index (χ2v) is 6.62. The average Bonchev–Trinajstić information content (AvgIpc) is 3.18. The lowest BCUT2D eigenvalue weighted by molar-refractivity contribution is -0.147. The molecule has 2 amide bonds. The minimum absolute atomic E-state index is 0.188. The van der Waals surface area contributed by atoms with Crippen LogP contribution >= 0.6 is 0 Å². The molecule has 0 radical (unpaired) electrons. The number of nitrogens with zero attached hydrogens (tertiary/aromatic N) is 1. The largest absolute Gasteiger partial charge is 0.480 e. The summed E-state index contributed by atoms with van der Waals surface area (Å²) < 4.78 is 10.8. The van der Waals surface area contributed by atoms with Crippen LogP contribution in [0, 0.1) is 0 Å². The van der Waals surface area contributed by atoms with Crippen LogP contribution in [0.5, 0.6) is 11.5 Å². The van der Waals surface area contributed by atoms with Gasteiger partial charge in [-0.2, -0.15) is 0 Å². The molecule has 8 heteroatoms. The predicted octanol–water partition coefficient (Wildman–Crippen LogP) is 1.91. The minimum Gasteiger partial charge on any atom is -0.480 e. The molecule has 152 valence electrons. The highest BCUT2D eigenvalue weighted by Gasteiger charge is 2.39. The van der Waals surface area contributed by atoms with Crippen LogP contribution in [0.2, 0.25) is 0 Å². The van der Waals surface area contributed by atoms with Crippen molar-refractivity contribution in [1.29, 1.82) is 0 Å². The molecule has 0 aromatic heterocycles. The van der Waals surface area contributed by atoms with Crippen molar-refractivity contribution in [2.75, 3.05) is 20.2 Å². The zero-order valence-electron chi connectivity index (χ0n) is 15.9. The highest BCUT2D eigenvalue weighted by molar-refractivity contribution is 5.97. The minimum atomic E-state index is -1.08. The zero-order valence-corrected chi connectivity index (χ0v) is 15.9. The van der Waals surface area contributed by atoms with Gasteiger partial charge in [0.1, 0.15) is 17.5 Å². The Morgan fingerprint density at radius 1 is 1.07 bits per heavy atom. The van der Waals surface area contributed by atoms with Crippen LogP contribution in [-0.4, -0.2) is 60.1 Å². The smallest absolute Gasteiger partial charge is 0.326 e. The SMILES string of the molecule is COC1C[C@H](C(=O)O)N(C(=O)CNC(=O)c2ccc(Oc3ccccc3)cc2)C1. The van der Waals surface area contributed by atoms with E-state index in [0.717, 1.165) is 0 Å². The molecule has 2 N–H and O–H groups in total. The Morgan fingerprint density at radius 2 is 1.72 bits per heavy atom. The summed E-state index contributed by atoms with van der Waals surface area (Å²) in [4.78, 5) is 37.3. The van der Waals surface area contributed by atoms with Gasteiger partial charge in [-0.15, -0.1) is 0 Å². The molecular formula is C21H22N2O6. The maximum atomic E-state index is 12.4. The van der Waals surface area contributed by atoms with Crippen molar-refractivity contribution in [1.82, 2.24) is 10.2 Å². The van der Waals surface area contributed by atoms with E-state index < -0.39 is 23.8 Å². The normalized spacial score (nSPS) is 18.3. The lowest BCUT2D eigenvalue weighted by atomic mass is 10.2. The molecule has 8 nitrogen and oxygen atoms in total. The van der Waals surface area contributed by atoms with Crippen molar-refractivity contribution in [2.45, 2.75) is 18.6 Å². The molecule has 0 bridgehead atoms. The van der Waals surface area contributed by atoms with Gasteiger partial charge in [0.05, 0.1) is 12.6 Å². The molecule has 1 heterocycles. The fraction of sp³-hybridized carbons (Fsp3) is 0.286. The highest BCUT2D eigenvalue weighted by atomic mass is 16.5. The van der Waals surface area contributed by atoms with Crippen molar-refractivity contribution >= 4 is 17.8 Å². The van der Waals surface area contributed by atoms with Gasteiger partial charge in [-0.25, -0.2) is 4.79 Å². The number of methoxy groups -OCH3 is 1. The van der Waals surface area contributed by atoms with E-state index in [-0.39, 0.29) is 25.6 Å². The first-order chi connectivity index (χ1) is 14.0. The fourth-order valence-electron chi connectivity index (χ4n) is 3.14. The Bertz CT molecular complexity index is 868. The van der Waals surface area contributed by atoms with E-state index in [1.54, 1.807) is 24.3 Å². The van der Waals surface area contributed by atoms with Crippen LogP contribution in [0.25, 0.3) is 0 Å². The third-order valence-electron chi connectivity index (χ3n) is 4.70. The standard InChI is InChI=1S/C21H22N2O6/c1-28-17-11-18(21(26)27)23(13-17)19(24)12-22-20(25)14-7-9-16(10-8-14)29-15-5-3-2-4-6-15/h2-10,17-18H,11-13H2,1H3,(H,22,25)(H,26,27)/t17?,18-/m1/s1. The van der Waals surface area contributed by atoms with Crippen LogP contribution in [0.15, 0.2) is 54.6 Å². The quantitative estimate of drug-likeness (QED) is 0.738. The summed E-state index contributed by atoms with van der Waals surface area (Å²) in [7, 11) is 1.48. The Kier molecular flexibility index (Phi) is 6.46.